The molecule has 0 aromatic heterocycles. The molecular formula is C24H32BN3. The predicted molar refractivity (Wildman–Crippen MR) is 123 cm³/mol. The highest BCUT2D eigenvalue weighted by atomic mass is 14.9. The van der Waals surface area contributed by atoms with Gasteiger partial charge in [-0.05, 0) is 59.1 Å². The van der Waals surface area contributed by atoms with Crippen LogP contribution in [0.2, 0.25) is 0 Å². The van der Waals surface area contributed by atoms with Crippen LogP contribution in [-0.2, 0) is 25.8 Å². The standard InChI is InChI=1S/C22H26BN3.C2H6/c1-14(2)19-5-3-4-15-9-22-23(10-20(15)19)11-21(26-22)16-6-7-17(12-24)18(8-16)13-25;1-2/h3-8,11,22,26H,1,9-10,12-13,24-25H2,2H3;1-2H3. The van der Waals surface area contributed by atoms with E-state index in [9.17, 15) is 0 Å². The zero-order valence-electron chi connectivity index (χ0n) is 17.4. The average Bonchev–Trinajstić information content (AvgIpc) is 3.15. The molecule has 28 heavy (non-hydrogen) atoms. The van der Waals surface area contributed by atoms with E-state index in [2.05, 4.69) is 61.2 Å². The lowest BCUT2D eigenvalue weighted by Crippen LogP contribution is -2.42. The van der Waals surface area contributed by atoms with E-state index < -0.39 is 0 Å². The van der Waals surface area contributed by atoms with Gasteiger partial charge in [-0.1, -0.05) is 62.3 Å². The van der Waals surface area contributed by atoms with Crippen molar-refractivity contribution < 1.29 is 0 Å². The van der Waals surface area contributed by atoms with E-state index in [1.807, 2.05) is 13.8 Å². The third-order valence-electron chi connectivity index (χ3n) is 5.81. The Morgan fingerprint density at radius 1 is 1.14 bits per heavy atom. The molecule has 2 aromatic carbocycles. The van der Waals surface area contributed by atoms with Gasteiger partial charge in [0.05, 0.1) is 0 Å². The van der Waals surface area contributed by atoms with E-state index >= 15 is 0 Å². The van der Waals surface area contributed by atoms with Gasteiger partial charge in [-0.2, -0.15) is 0 Å². The molecule has 146 valence electrons. The summed E-state index contributed by atoms with van der Waals surface area (Å²) in [7, 11) is 0. The van der Waals surface area contributed by atoms with Gasteiger partial charge < -0.3 is 16.8 Å². The van der Waals surface area contributed by atoms with Crippen molar-refractivity contribution in [3.63, 3.8) is 0 Å². The summed E-state index contributed by atoms with van der Waals surface area (Å²) < 4.78 is 0. The lowest BCUT2D eigenvalue weighted by molar-refractivity contribution is 0.749. The van der Waals surface area contributed by atoms with Crippen LogP contribution in [0, 0.1) is 0 Å². The van der Waals surface area contributed by atoms with Gasteiger partial charge in [0, 0.05) is 24.7 Å². The summed E-state index contributed by atoms with van der Waals surface area (Å²) in [5, 5.41) is 3.75. The van der Waals surface area contributed by atoms with Crippen molar-refractivity contribution in [1.29, 1.82) is 0 Å². The van der Waals surface area contributed by atoms with Crippen molar-refractivity contribution in [2.24, 2.45) is 11.5 Å². The van der Waals surface area contributed by atoms with Crippen molar-refractivity contribution in [1.82, 2.24) is 5.32 Å². The minimum Gasteiger partial charge on any atom is -0.389 e. The van der Waals surface area contributed by atoms with Crippen molar-refractivity contribution >= 4 is 18.0 Å². The lowest BCUT2D eigenvalue weighted by Gasteiger charge is -2.28. The first-order valence-corrected chi connectivity index (χ1v) is 10.4. The Morgan fingerprint density at radius 2 is 1.89 bits per heavy atom. The molecule has 0 aliphatic carbocycles. The maximum absolute atomic E-state index is 5.91. The SMILES string of the molecule is C=C(C)c1cccc2c1CB1C=C(c3ccc(CN)c(CN)c3)NC1C2.CC. The topological polar surface area (TPSA) is 64.1 Å². The molecule has 4 rings (SSSR count). The largest absolute Gasteiger partial charge is 0.389 e. The van der Waals surface area contributed by atoms with E-state index in [1.54, 1.807) is 0 Å². The average molecular weight is 373 g/mol. The van der Waals surface area contributed by atoms with Crippen LogP contribution in [0.1, 0.15) is 54.2 Å². The smallest absolute Gasteiger partial charge is 0.199 e. The Kier molecular flexibility index (Phi) is 6.43. The fraction of sp³-hybridized carbons (Fsp3) is 0.333. The van der Waals surface area contributed by atoms with E-state index in [0.29, 0.717) is 25.7 Å². The van der Waals surface area contributed by atoms with Gasteiger partial charge in [0.15, 0.2) is 6.71 Å². The zero-order chi connectivity index (χ0) is 20.3. The van der Waals surface area contributed by atoms with Crippen molar-refractivity contribution in [2.45, 2.75) is 52.5 Å². The molecule has 5 N–H and O–H groups in total. The second-order valence-electron chi connectivity index (χ2n) is 7.52. The quantitative estimate of drug-likeness (QED) is 0.713. The third kappa shape index (κ3) is 3.80. The minimum atomic E-state index is 0.466. The van der Waals surface area contributed by atoms with Crippen LogP contribution in [0.25, 0.3) is 11.3 Å². The molecule has 0 radical (unpaired) electrons. The number of fused-ring (bicyclic) bond motifs is 2. The molecule has 4 heteroatoms. The van der Waals surface area contributed by atoms with Crippen LogP contribution >= 0.6 is 0 Å². The molecule has 3 nitrogen and oxygen atoms in total. The maximum Gasteiger partial charge on any atom is 0.199 e. The first-order chi connectivity index (χ1) is 13.6. The molecular weight excluding hydrogens is 341 g/mol. The number of rotatable bonds is 4. The van der Waals surface area contributed by atoms with Gasteiger partial charge in [-0.3, -0.25) is 0 Å². The van der Waals surface area contributed by atoms with E-state index in [1.165, 1.54) is 28.0 Å². The number of hydrogen-bond acceptors (Lipinski definition) is 3. The minimum absolute atomic E-state index is 0.466. The highest BCUT2D eigenvalue weighted by molar-refractivity contribution is 6.68. The Labute approximate surface area is 170 Å². The summed E-state index contributed by atoms with van der Waals surface area (Å²) in [5.41, 5.74) is 21.8. The molecule has 2 aliphatic rings. The van der Waals surface area contributed by atoms with Gasteiger partial charge in [-0.25, -0.2) is 0 Å². The van der Waals surface area contributed by atoms with Gasteiger partial charge in [-0.15, -0.1) is 0 Å². The summed E-state index contributed by atoms with van der Waals surface area (Å²) in [6, 6.07) is 13.1. The van der Waals surface area contributed by atoms with Crippen LogP contribution in [0.4, 0.5) is 0 Å². The molecule has 2 aromatic rings. The monoisotopic (exact) mass is 373 g/mol. The summed E-state index contributed by atoms with van der Waals surface area (Å²) in [6.07, 6.45) is 2.13. The number of allylic oxidation sites excluding steroid dienone is 1. The number of benzene rings is 2. The summed E-state index contributed by atoms with van der Waals surface area (Å²) in [6.45, 7) is 11.8. The Balaban J connectivity index is 0.00000109. The molecule has 0 spiro atoms. The molecule has 0 bridgehead atoms. The van der Waals surface area contributed by atoms with Gasteiger partial charge >= 0.3 is 0 Å². The van der Waals surface area contributed by atoms with Crippen LogP contribution in [0.15, 0.2) is 49.0 Å². The zero-order valence-corrected chi connectivity index (χ0v) is 17.4. The van der Waals surface area contributed by atoms with Gasteiger partial charge in [0.2, 0.25) is 0 Å². The number of hydrogen-bond donors (Lipinski definition) is 3. The molecule has 1 atom stereocenters. The van der Waals surface area contributed by atoms with Crippen molar-refractivity contribution in [2.75, 3.05) is 0 Å². The Bertz CT molecular complexity index is 901. The molecule has 2 aliphatic heterocycles. The predicted octanol–water partition coefficient (Wildman–Crippen LogP) is 3.89. The summed E-state index contributed by atoms with van der Waals surface area (Å²) in [4.78, 5) is 0. The van der Waals surface area contributed by atoms with E-state index in [4.69, 9.17) is 11.5 Å². The summed E-state index contributed by atoms with van der Waals surface area (Å²) >= 11 is 0. The Hall–Kier alpha value is -2.30. The second-order valence-corrected chi connectivity index (χ2v) is 7.52. The molecule has 0 saturated heterocycles. The molecule has 0 amide bonds. The number of nitrogens with two attached hydrogens (primary N) is 2. The molecule has 2 heterocycles. The van der Waals surface area contributed by atoms with E-state index in [0.717, 1.165) is 29.4 Å². The maximum atomic E-state index is 5.91. The van der Waals surface area contributed by atoms with Crippen LogP contribution in [0.5, 0.6) is 0 Å². The highest BCUT2D eigenvalue weighted by Gasteiger charge is 2.36. The van der Waals surface area contributed by atoms with Crippen LogP contribution in [-0.4, -0.2) is 12.7 Å². The summed E-state index contributed by atoms with van der Waals surface area (Å²) in [5.74, 6) is 2.87. The van der Waals surface area contributed by atoms with Crippen molar-refractivity contribution in [3.05, 3.63) is 82.3 Å². The lowest BCUT2D eigenvalue weighted by atomic mass is 9.39. The normalized spacial score (nSPS) is 17.0. The van der Waals surface area contributed by atoms with Gasteiger partial charge in [0.25, 0.3) is 0 Å². The fourth-order valence-corrected chi connectivity index (χ4v) is 4.39. The third-order valence-corrected chi connectivity index (χ3v) is 5.81. The Morgan fingerprint density at radius 3 is 2.57 bits per heavy atom. The van der Waals surface area contributed by atoms with Crippen LogP contribution in [0.3, 0.4) is 0 Å². The molecule has 0 fully saturated rings. The number of nitrogens with one attached hydrogen (secondary N) is 1. The van der Waals surface area contributed by atoms with E-state index in [-0.39, 0.29) is 0 Å². The first-order valence-electron chi connectivity index (χ1n) is 10.4. The molecule has 1 unspecified atom stereocenters. The van der Waals surface area contributed by atoms with Gasteiger partial charge in [0.1, 0.15) is 0 Å². The fourth-order valence-electron chi connectivity index (χ4n) is 4.39. The van der Waals surface area contributed by atoms with Crippen LogP contribution < -0.4 is 16.8 Å². The van der Waals surface area contributed by atoms with Crippen molar-refractivity contribution in [3.8, 4) is 0 Å². The second kappa shape index (κ2) is 8.81. The highest BCUT2D eigenvalue weighted by Crippen LogP contribution is 2.33. The first kappa shape index (κ1) is 20.4. The molecule has 0 saturated carbocycles.